The van der Waals surface area contributed by atoms with Crippen molar-refractivity contribution in [2.24, 2.45) is 0 Å². The molecular weight excluding hydrogens is 313 g/mol. The summed E-state index contributed by atoms with van der Waals surface area (Å²) in [6.07, 6.45) is -4.43. The molecule has 0 aromatic heterocycles. The van der Waals surface area contributed by atoms with Gasteiger partial charge >= 0.3 is 6.18 Å². The Bertz CT molecular complexity index is 764. The quantitative estimate of drug-likeness (QED) is 0.569. The second-order valence-corrected chi connectivity index (χ2v) is 5.33. The minimum absolute atomic E-state index is 0.423. The fraction of sp³-hybridized carbons (Fsp3) is 0.100. The van der Waals surface area contributed by atoms with Crippen LogP contribution in [0.3, 0.4) is 0 Å². The highest BCUT2D eigenvalue weighted by molar-refractivity contribution is 5.83. The molecule has 0 saturated carbocycles. The smallest absolute Gasteiger partial charge is 0.416 e. The van der Waals surface area contributed by atoms with Crippen LogP contribution in [0.5, 0.6) is 5.75 Å². The summed E-state index contributed by atoms with van der Waals surface area (Å²) in [5.41, 5.74) is 1.51. The van der Waals surface area contributed by atoms with Crippen molar-refractivity contribution in [1.29, 1.82) is 0 Å². The molecule has 3 aromatic rings. The highest BCUT2D eigenvalue weighted by Gasteiger charge is 2.32. The monoisotopic (exact) mass is 328 g/mol. The number of hydrogen-bond donors (Lipinski definition) is 0. The van der Waals surface area contributed by atoms with Gasteiger partial charge in [0.2, 0.25) is 0 Å². The molecule has 0 heterocycles. The summed E-state index contributed by atoms with van der Waals surface area (Å²) in [7, 11) is 1.47. The average molecular weight is 328 g/mol. The first-order chi connectivity index (χ1) is 11.5. The molecule has 0 unspecified atom stereocenters. The molecule has 0 aliphatic heterocycles. The molecule has 0 amide bonds. The van der Waals surface area contributed by atoms with E-state index in [4.69, 9.17) is 4.74 Å². The maximum absolute atomic E-state index is 13.4. The zero-order valence-electron chi connectivity index (χ0n) is 13.0. The van der Waals surface area contributed by atoms with E-state index >= 15 is 0 Å². The van der Waals surface area contributed by atoms with Crippen LogP contribution < -0.4 is 4.74 Å². The zero-order chi connectivity index (χ0) is 17.2. The van der Waals surface area contributed by atoms with Crippen molar-refractivity contribution in [3.05, 3.63) is 78.4 Å². The molecule has 3 rings (SSSR count). The third-order valence-electron chi connectivity index (χ3n) is 3.79. The number of benzene rings is 3. The van der Waals surface area contributed by atoms with Crippen LogP contribution in [-0.4, -0.2) is 7.11 Å². The van der Waals surface area contributed by atoms with Crippen LogP contribution in [0.4, 0.5) is 13.2 Å². The van der Waals surface area contributed by atoms with Gasteiger partial charge in [0.15, 0.2) is 0 Å². The molecular formula is C20H15F3O. The zero-order valence-corrected chi connectivity index (χ0v) is 13.0. The Hall–Kier alpha value is -2.75. The predicted molar refractivity (Wildman–Crippen MR) is 88.9 cm³/mol. The van der Waals surface area contributed by atoms with Crippen molar-refractivity contribution < 1.29 is 17.9 Å². The molecule has 0 radical (unpaired) electrons. The van der Waals surface area contributed by atoms with Crippen molar-refractivity contribution in [2.75, 3.05) is 7.11 Å². The Morgan fingerprint density at radius 3 is 1.46 bits per heavy atom. The van der Waals surface area contributed by atoms with E-state index in [0.29, 0.717) is 28.0 Å². The second-order valence-electron chi connectivity index (χ2n) is 5.33. The Kier molecular flexibility index (Phi) is 4.30. The molecule has 1 nitrogen and oxygen atoms in total. The van der Waals surface area contributed by atoms with Gasteiger partial charge in [0.05, 0.1) is 12.7 Å². The summed E-state index contributed by atoms with van der Waals surface area (Å²) in [5.74, 6) is 0.431. The lowest BCUT2D eigenvalue weighted by molar-refractivity contribution is -0.137. The first-order valence-corrected chi connectivity index (χ1v) is 7.41. The van der Waals surface area contributed by atoms with Gasteiger partial charge in [0, 0.05) is 11.1 Å². The highest BCUT2D eigenvalue weighted by Crippen LogP contribution is 2.43. The lowest BCUT2D eigenvalue weighted by atomic mass is 9.94. The Morgan fingerprint density at radius 1 is 0.708 bits per heavy atom. The fourth-order valence-corrected chi connectivity index (χ4v) is 2.68. The maximum atomic E-state index is 13.4. The van der Waals surface area contributed by atoms with Gasteiger partial charge in [-0.15, -0.1) is 0 Å². The van der Waals surface area contributed by atoms with Gasteiger partial charge in [-0.1, -0.05) is 60.7 Å². The largest absolute Gasteiger partial charge is 0.495 e. The van der Waals surface area contributed by atoms with Gasteiger partial charge < -0.3 is 4.74 Å². The molecule has 122 valence electrons. The third-order valence-corrected chi connectivity index (χ3v) is 3.79. The van der Waals surface area contributed by atoms with E-state index in [2.05, 4.69) is 0 Å². The molecule has 3 aromatic carbocycles. The SMILES string of the molecule is COc1c(-c2ccccc2)cc(C(F)(F)F)cc1-c1ccccc1. The van der Waals surface area contributed by atoms with E-state index in [1.54, 1.807) is 48.5 Å². The van der Waals surface area contributed by atoms with Crippen LogP contribution in [0.15, 0.2) is 72.8 Å². The number of halogens is 3. The Labute approximate surface area is 138 Å². The van der Waals surface area contributed by atoms with Crippen LogP contribution in [0.25, 0.3) is 22.3 Å². The van der Waals surface area contributed by atoms with Gasteiger partial charge in [0.1, 0.15) is 5.75 Å². The summed E-state index contributed by atoms with van der Waals surface area (Å²) in [6, 6.07) is 20.2. The first kappa shape index (κ1) is 16.1. The standard InChI is InChI=1S/C20H15F3O/c1-24-19-17(14-8-4-2-5-9-14)12-16(20(21,22)23)13-18(19)15-10-6-3-7-11-15/h2-13H,1H3. The number of alkyl halides is 3. The Morgan fingerprint density at radius 2 is 1.12 bits per heavy atom. The molecule has 0 bridgehead atoms. The molecule has 0 N–H and O–H groups in total. The molecule has 0 saturated heterocycles. The summed E-state index contributed by atoms with van der Waals surface area (Å²) < 4.78 is 45.6. The number of ether oxygens (including phenoxy) is 1. The van der Waals surface area contributed by atoms with Crippen LogP contribution in [-0.2, 0) is 6.18 Å². The topological polar surface area (TPSA) is 9.23 Å². The van der Waals surface area contributed by atoms with Crippen LogP contribution in [0.1, 0.15) is 5.56 Å². The lowest BCUT2D eigenvalue weighted by Crippen LogP contribution is -2.06. The van der Waals surface area contributed by atoms with Crippen molar-refractivity contribution in [3.8, 4) is 28.0 Å². The molecule has 0 spiro atoms. The van der Waals surface area contributed by atoms with E-state index in [1.807, 2.05) is 12.1 Å². The molecule has 24 heavy (non-hydrogen) atoms. The van der Waals surface area contributed by atoms with E-state index in [0.717, 1.165) is 12.1 Å². The minimum atomic E-state index is -4.43. The first-order valence-electron chi connectivity index (χ1n) is 7.41. The fourth-order valence-electron chi connectivity index (χ4n) is 2.68. The normalized spacial score (nSPS) is 11.3. The molecule has 0 aliphatic rings. The summed E-state index contributed by atoms with van der Waals surface area (Å²) in [4.78, 5) is 0. The number of rotatable bonds is 3. The number of hydrogen-bond acceptors (Lipinski definition) is 1. The van der Waals surface area contributed by atoms with Gasteiger partial charge in [-0.2, -0.15) is 13.2 Å². The van der Waals surface area contributed by atoms with Crippen molar-refractivity contribution in [3.63, 3.8) is 0 Å². The molecule has 0 atom stereocenters. The van der Waals surface area contributed by atoms with E-state index in [1.165, 1.54) is 7.11 Å². The molecule has 4 heteroatoms. The van der Waals surface area contributed by atoms with Crippen molar-refractivity contribution in [1.82, 2.24) is 0 Å². The van der Waals surface area contributed by atoms with Gasteiger partial charge in [-0.25, -0.2) is 0 Å². The lowest BCUT2D eigenvalue weighted by Gasteiger charge is -2.18. The van der Waals surface area contributed by atoms with Gasteiger partial charge in [0.25, 0.3) is 0 Å². The van der Waals surface area contributed by atoms with Crippen molar-refractivity contribution >= 4 is 0 Å². The third kappa shape index (κ3) is 3.13. The van der Waals surface area contributed by atoms with Gasteiger partial charge in [-0.05, 0) is 23.3 Å². The molecule has 0 fully saturated rings. The van der Waals surface area contributed by atoms with Gasteiger partial charge in [-0.3, -0.25) is 0 Å². The average Bonchev–Trinajstić information content (AvgIpc) is 2.61. The summed E-state index contributed by atoms with van der Waals surface area (Å²) >= 11 is 0. The summed E-state index contributed by atoms with van der Waals surface area (Å²) in [6.45, 7) is 0. The van der Waals surface area contributed by atoms with E-state index in [9.17, 15) is 13.2 Å². The predicted octanol–water partition coefficient (Wildman–Crippen LogP) is 6.05. The number of methoxy groups -OCH3 is 1. The van der Waals surface area contributed by atoms with E-state index < -0.39 is 11.7 Å². The maximum Gasteiger partial charge on any atom is 0.416 e. The highest BCUT2D eigenvalue weighted by atomic mass is 19.4. The second kappa shape index (κ2) is 6.40. The van der Waals surface area contributed by atoms with Crippen LogP contribution in [0.2, 0.25) is 0 Å². The van der Waals surface area contributed by atoms with Crippen LogP contribution in [0, 0.1) is 0 Å². The van der Waals surface area contributed by atoms with Crippen LogP contribution >= 0.6 is 0 Å². The Balaban J connectivity index is 2.32. The van der Waals surface area contributed by atoms with E-state index in [-0.39, 0.29) is 0 Å². The summed E-state index contributed by atoms with van der Waals surface area (Å²) in [5, 5.41) is 0. The van der Waals surface area contributed by atoms with Crippen molar-refractivity contribution in [2.45, 2.75) is 6.18 Å². The molecule has 0 aliphatic carbocycles. The minimum Gasteiger partial charge on any atom is -0.495 e.